The molecule has 0 radical (unpaired) electrons. The lowest BCUT2D eigenvalue weighted by atomic mass is 10.0. The highest BCUT2D eigenvalue weighted by Gasteiger charge is 2.16. The van der Waals surface area contributed by atoms with Gasteiger partial charge in [-0.2, -0.15) is 0 Å². The van der Waals surface area contributed by atoms with Crippen LogP contribution in [0.15, 0.2) is 22.6 Å². The second-order valence-corrected chi connectivity index (χ2v) is 4.88. The Kier molecular flexibility index (Phi) is 2.92. The number of oxazole rings is 1. The van der Waals surface area contributed by atoms with E-state index in [-0.39, 0.29) is 0 Å². The van der Waals surface area contributed by atoms with E-state index in [1.807, 2.05) is 6.92 Å². The molecule has 1 aromatic heterocycles. The van der Waals surface area contributed by atoms with Gasteiger partial charge in [-0.3, -0.25) is 0 Å². The van der Waals surface area contributed by atoms with Gasteiger partial charge in [-0.25, -0.2) is 4.98 Å². The van der Waals surface area contributed by atoms with Crippen LogP contribution < -0.4 is 5.73 Å². The third kappa shape index (κ3) is 1.95. The molecule has 1 aliphatic rings. The van der Waals surface area contributed by atoms with Crippen LogP contribution in [0.3, 0.4) is 0 Å². The molecule has 3 nitrogen and oxygen atoms in total. The largest absolute Gasteiger partial charge is 0.445 e. The van der Waals surface area contributed by atoms with Gasteiger partial charge in [0.2, 0.25) is 0 Å². The Morgan fingerprint density at radius 2 is 2.11 bits per heavy atom. The smallest absolute Gasteiger partial charge is 0.191 e. The first-order valence-electron chi connectivity index (χ1n) is 6.56. The first-order valence-corrected chi connectivity index (χ1v) is 6.56. The molecule has 1 aromatic carbocycles. The van der Waals surface area contributed by atoms with Gasteiger partial charge >= 0.3 is 0 Å². The van der Waals surface area contributed by atoms with Crippen molar-refractivity contribution < 1.29 is 4.42 Å². The second kappa shape index (κ2) is 4.58. The van der Waals surface area contributed by atoms with E-state index in [0.29, 0.717) is 12.4 Å². The predicted octanol–water partition coefficient (Wildman–Crippen LogP) is 2.64. The van der Waals surface area contributed by atoms with E-state index in [0.717, 1.165) is 23.4 Å². The zero-order valence-corrected chi connectivity index (χ0v) is 10.7. The third-order valence-corrected chi connectivity index (χ3v) is 3.55. The summed E-state index contributed by atoms with van der Waals surface area (Å²) >= 11 is 0. The summed E-state index contributed by atoms with van der Waals surface area (Å²) in [6.45, 7) is 2.48. The molecular weight excluding hydrogens is 224 g/mol. The number of fused-ring (bicyclic) bond motifs is 1. The van der Waals surface area contributed by atoms with Crippen molar-refractivity contribution in [3.63, 3.8) is 0 Å². The highest BCUT2D eigenvalue weighted by atomic mass is 16.4. The minimum atomic E-state index is 0.590. The van der Waals surface area contributed by atoms with Crippen molar-refractivity contribution >= 4 is 0 Å². The SMILES string of the molecule is Cc1nc(-c2ccc3c(c2)CCC3)c(CCN)o1. The summed E-state index contributed by atoms with van der Waals surface area (Å²) < 4.78 is 5.64. The van der Waals surface area contributed by atoms with E-state index < -0.39 is 0 Å². The summed E-state index contributed by atoms with van der Waals surface area (Å²) in [7, 11) is 0. The summed E-state index contributed by atoms with van der Waals surface area (Å²) in [5.74, 6) is 1.63. The topological polar surface area (TPSA) is 52.0 Å². The minimum absolute atomic E-state index is 0.590. The maximum Gasteiger partial charge on any atom is 0.191 e. The van der Waals surface area contributed by atoms with Crippen molar-refractivity contribution in [3.05, 3.63) is 41.0 Å². The van der Waals surface area contributed by atoms with Crippen LogP contribution in [-0.2, 0) is 19.3 Å². The molecule has 1 heterocycles. The number of aromatic nitrogens is 1. The Hall–Kier alpha value is -1.61. The van der Waals surface area contributed by atoms with E-state index in [1.54, 1.807) is 0 Å². The zero-order chi connectivity index (χ0) is 12.5. The molecule has 0 saturated heterocycles. The Balaban J connectivity index is 2.03. The lowest BCUT2D eigenvalue weighted by Crippen LogP contribution is -2.02. The molecule has 0 aliphatic heterocycles. The van der Waals surface area contributed by atoms with Crippen molar-refractivity contribution in [2.75, 3.05) is 6.54 Å². The van der Waals surface area contributed by atoms with Crippen LogP contribution in [0.25, 0.3) is 11.3 Å². The van der Waals surface area contributed by atoms with E-state index >= 15 is 0 Å². The van der Waals surface area contributed by atoms with Crippen LogP contribution >= 0.6 is 0 Å². The number of nitrogens with zero attached hydrogens (tertiary/aromatic N) is 1. The van der Waals surface area contributed by atoms with Crippen LogP contribution in [-0.4, -0.2) is 11.5 Å². The summed E-state index contributed by atoms with van der Waals surface area (Å²) in [5.41, 5.74) is 10.7. The third-order valence-electron chi connectivity index (χ3n) is 3.55. The van der Waals surface area contributed by atoms with Gasteiger partial charge in [0.1, 0.15) is 11.5 Å². The van der Waals surface area contributed by atoms with Crippen molar-refractivity contribution in [3.8, 4) is 11.3 Å². The van der Waals surface area contributed by atoms with Crippen LogP contribution in [0.1, 0.15) is 29.2 Å². The van der Waals surface area contributed by atoms with Gasteiger partial charge in [0.05, 0.1) is 0 Å². The standard InChI is InChI=1S/C15H18N2O/c1-10-17-15(14(18-10)7-8-16)13-6-5-11-3-2-4-12(11)9-13/h5-6,9H,2-4,7-8,16H2,1H3. The molecule has 0 spiro atoms. The average Bonchev–Trinajstić information content (AvgIpc) is 2.95. The maximum absolute atomic E-state index is 5.64. The highest BCUT2D eigenvalue weighted by Crippen LogP contribution is 2.30. The minimum Gasteiger partial charge on any atom is -0.445 e. The van der Waals surface area contributed by atoms with Gasteiger partial charge in [-0.1, -0.05) is 12.1 Å². The van der Waals surface area contributed by atoms with E-state index in [1.165, 1.54) is 30.4 Å². The van der Waals surface area contributed by atoms with Gasteiger partial charge in [0.15, 0.2) is 5.89 Å². The second-order valence-electron chi connectivity index (χ2n) is 4.88. The fourth-order valence-electron chi connectivity index (χ4n) is 2.71. The molecule has 0 saturated carbocycles. The predicted molar refractivity (Wildman–Crippen MR) is 71.5 cm³/mol. The molecule has 2 N–H and O–H groups in total. The van der Waals surface area contributed by atoms with Crippen LogP contribution in [0, 0.1) is 6.92 Å². The van der Waals surface area contributed by atoms with Gasteiger partial charge in [-0.15, -0.1) is 0 Å². The molecule has 0 atom stereocenters. The number of nitrogens with two attached hydrogens (primary N) is 1. The monoisotopic (exact) mass is 242 g/mol. The molecule has 1 aliphatic carbocycles. The molecule has 0 fully saturated rings. The lowest BCUT2D eigenvalue weighted by Gasteiger charge is -2.04. The first-order chi connectivity index (χ1) is 8.78. The van der Waals surface area contributed by atoms with E-state index in [4.69, 9.17) is 10.2 Å². The summed E-state index contributed by atoms with van der Waals surface area (Å²) in [6, 6.07) is 6.65. The Morgan fingerprint density at radius 1 is 1.28 bits per heavy atom. The highest BCUT2D eigenvalue weighted by molar-refractivity contribution is 5.63. The number of hydrogen-bond acceptors (Lipinski definition) is 3. The number of aryl methyl sites for hydroxylation is 3. The lowest BCUT2D eigenvalue weighted by molar-refractivity contribution is 0.476. The Bertz CT molecular complexity index is 572. The van der Waals surface area contributed by atoms with Crippen LogP contribution in [0.2, 0.25) is 0 Å². The molecule has 18 heavy (non-hydrogen) atoms. The number of hydrogen-bond donors (Lipinski definition) is 1. The van der Waals surface area contributed by atoms with Gasteiger partial charge < -0.3 is 10.2 Å². The normalized spacial score (nSPS) is 13.9. The van der Waals surface area contributed by atoms with Gasteiger partial charge in [0.25, 0.3) is 0 Å². The maximum atomic E-state index is 5.64. The van der Waals surface area contributed by atoms with Crippen LogP contribution in [0.5, 0.6) is 0 Å². The molecule has 3 rings (SSSR count). The molecule has 0 amide bonds. The van der Waals surface area contributed by atoms with Gasteiger partial charge in [0, 0.05) is 18.9 Å². The fraction of sp³-hybridized carbons (Fsp3) is 0.400. The van der Waals surface area contributed by atoms with E-state index in [2.05, 4.69) is 23.2 Å². The summed E-state index contributed by atoms with van der Waals surface area (Å²) in [4.78, 5) is 4.50. The van der Waals surface area contributed by atoms with Gasteiger partial charge in [-0.05, 0) is 43.0 Å². The average molecular weight is 242 g/mol. The number of rotatable bonds is 3. The molecule has 3 heteroatoms. The zero-order valence-electron chi connectivity index (χ0n) is 10.7. The summed E-state index contributed by atoms with van der Waals surface area (Å²) in [5, 5.41) is 0. The van der Waals surface area contributed by atoms with Crippen molar-refractivity contribution in [1.29, 1.82) is 0 Å². The fourth-order valence-corrected chi connectivity index (χ4v) is 2.71. The van der Waals surface area contributed by atoms with Crippen molar-refractivity contribution in [1.82, 2.24) is 4.98 Å². The first kappa shape index (κ1) is 11.5. The molecule has 0 unspecified atom stereocenters. The quantitative estimate of drug-likeness (QED) is 0.900. The van der Waals surface area contributed by atoms with E-state index in [9.17, 15) is 0 Å². The Labute approximate surface area is 107 Å². The molecule has 94 valence electrons. The van der Waals surface area contributed by atoms with Crippen LogP contribution in [0.4, 0.5) is 0 Å². The van der Waals surface area contributed by atoms with Crippen molar-refractivity contribution in [2.24, 2.45) is 5.73 Å². The molecule has 0 bridgehead atoms. The number of benzene rings is 1. The summed E-state index contributed by atoms with van der Waals surface area (Å²) in [6.07, 6.45) is 4.41. The van der Waals surface area contributed by atoms with Crippen molar-refractivity contribution in [2.45, 2.75) is 32.6 Å². The molecular formula is C15H18N2O. The Morgan fingerprint density at radius 3 is 2.94 bits per heavy atom. The molecule has 2 aromatic rings.